The van der Waals surface area contributed by atoms with E-state index < -0.39 is 5.60 Å². The minimum absolute atomic E-state index is 0.184. The van der Waals surface area contributed by atoms with Gasteiger partial charge in [-0.2, -0.15) is 5.26 Å². The highest BCUT2D eigenvalue weighted by molar-refractivity contribution is 5.32. The molecule has 0 amide bonds. The van der Waals surface area contributed by atoms with E-state index in [1.54, 1.807) is 0 Å². The molecule has 3 heteroatoms. The van der Waals surface area contributed by atoms with Crippen LogP contribution >= 0.6 is 0 Å². The van der Waals surface area contributed by atoms with Crippen molar-refractivity contribution in [1.29, 1.82) is 5.26 Å². The van der Waals surface area contributed by atoms with E-state index in [-0.39, 0.29) is 6.04 Å². The SMILES string of the molecule is CC1CCCC(O)(CNC(C)c2ccc(C#N)cc2)C1. The smallest absolute Gasteiger partial charge is 0.0991 e. The maximum atomic E-state index is 10.6. The van der Waals surface area contributed by atoms with Gasteiger partial charge in [0.25, 0.3) is 0 Å². The van der Waals surface area contributed by atoms with Gasteiger partial charge in [-0.15, -0.1) is 0 Å². The van der Waals surface area contributed by atoms with Crippen LogP contribution in [0.5, 0.6) is 0 Å². The zero-order chi connectivity index (χ0) is 14.6. The Hall–Kier alpha value is -1.37. The molecule has 3 unspecified atom stereocenters. The number of nitrogens with zero attached hydrogens (tertiary/aromatic N) is 1. The second-order valence-electron chi connectivity index (χ2n) is 6.26. The number of rotatable bonds is 4. The van der Waals surface area contributed by atoms with Crippen LogP contribution in [0.2, 0.25) is 0 Å². The topological polar surface area (TPSA) is 56.0 Å². The van der Waals surface area contributed by atoms with Crippen LogP contribution < -0.4 is 5.32 Å². The number of benzene rings is 1. The maximum Gasteiger partial charge on any atom is 0.0991 e. The molecule has 3 atom stereocenters. The zero-order valence-corrected chi connectivity index (χ0v) is 12.4. The fourth-order valence-corrected chi connectivity index (χ4v) is 3.10. The molecule has 0 radical (unpaired) electrons. The van der Waals surface area contributed by atoms with Crippen LogP contribution in [-0.2, 0) is 0 Å². The van der Waals surface area contributed by atoms with Crippen LogP contribution in [0.25, 0.3) is 0 Å². The molecular weight excluding hydrogens is 248 g/mol. The predicted molar refractivity (Wildman–Crippen MR) is 80.2 cm³/mol. The molecule has 1 aliphatic rings. The van der Waals surface area contributed by atoms with Crippen molar-refractivity contribution in [3.63, 3.8) is 0 Å². The van der Waals surface area contributed by atoms with Crippen LogP contribution in [0.3, 0.4) is 0 Å². The molecule has 108 valence electrons. The summed E-state index contributed by atoms with van der Waals surface area (Å²) in [5, 5.41) is 22.8. The van der Waals surface area contributed by atoms with E-state index in [0.29, 0.717) is 18.0 Å². The van der Waals surface area contributed by atoms with Gasteiger partial charge in [-0.05, 0) is 43.4 Å². The van der Waals surface area contributed by atoms with Crippen molar-refractivity contribution in [2.75, 3.05) is 6.54 Å². The average Bonchev–Trinajstić information content (AvgIpc) is 2.45. The van der Waals surface area contributed by atoms with Crippen LogP contribution in [0.1, 0.15) is 56.7 Å². The van der Waals surface area contributed by atoms with Crippen LogP contribution in [0, 0.1) is 17.2 Å². The van der Waals surface area contributed by atoms with E-state index in [0.717, 1.165) is 24.8 Å². The lowest BCUT2D eigenvalue weighted by Gasteiger charge is -2.36. The summed E-state index contributed by atoms with van der Waals surface area (Å²) in [7, 11) is 0. The van der Waals surface area contributed by atoms with Crippen molar-refractivity contribution >= 4 is 0 Å². The molecule has 0 bridgehead atoms. The molecule has 1 aromatic rings. The van der Waals surface area contributed by atoms with Gasteiger partial charge in [0.2, 0.25) is 0 Å². The largest absolute Gasteiger partial charge is 0.389 e. The molecular formula is C17H24N2O. The van der Waals surface area contributed by atoms with Gasteiger partial charge in [0.15, 0.2) is 0 Å². The highest BCUT2D eigenvalue weighted by Gasteiger charge is 2.32. The molecule has 0 aromatic heterocycles. The minimum atomic E-state index is -0.557. The quantitative estimate of drug-likeness (QED) is 0.885. The van der Waals surface area contributed by atoms with E-state index in [4.69, 9.17) is 5.26 Å². The second kappa shape index (κ2) is 6.39. The lowest BCUT2D eigenvalue weighted by molar-refractivity contribution is -0.0134. The lowest BCUT2D eigenvalue weighted by Crippen LogP contribution is -2.44. The number of hydrogen-bond donors (Lipinski definition) is 2. The fourth-order valence-electron chi connectivity index (χ4n) is 3.10. The van der Waals surface area contributed by atoms with Gasteiger partial charge in [0, 0.05) is 12.6 Å². The Morgan fingerprint density at radius 3 is 2.75 bits per heavy atom. The third-order valence-corrected chi connectivity index (χ3v) is 4.34. The summed E-state index contributed by atoms with van der Waals surface area (Å²) in [6, 6.07) is 9.94. The van der Waals surface area contributed by atoms with E-state index in [2.05, 4.69) is 25.2 Å². The van der Waals surface area contributed by atoms with Gasteiger partial charge in [0.05, 0.1) is 17.2 Å². The highest BCUT2D eigenvalue weighted by Crippen LogP contribution is 2.32. The Kier molecular flexibility index (Phi) is 4.80. The highest BCUT2D eigenvalue weighted by atomic mass is 16.3. The summed E-state index contributed by atoms with van der Waals surface area (Å²) >= 11 is 0. The molecule has 2 rings (SSSR count). The van der Waals surface area contributed by atoms with E-state index in [1.165, 1.54) is 6.42 Å². The maximum absolute atomic E-state index is 10.6. The third-order valence-electron chi connectivity index (χ3n) is 4.34. The van der Waals surface area contributed by atoms with Crippen LogP contribution in [0.15, 0.2) is 24.3 Å². The Balaban J connectivity index is 1.91. The zero-order valence-electron chi connectivity index (χ0n) is 12.4. The molecule has 20 heavy (non-hydrogen) atoms. The molecule has 1 aromatic carbocycles. The van der Waals surface area contributed by atoms with E-state index >= 15 is 0 Å². The summed E-state index contributed by atoms with van der Waals surface area (Å²) in [6.45, 7) is 4.95. The van der Waals surface area contributed by atoms with E-state index in [1.807, 2.05) is 24.3 Å². The molecule has 1 saturated carbocycles. The molecule has 0 aliphatic heterocycles. The number of nitrogens with one attached hydrogen (secondary N) is 1. The van der Waals surface area contributed by atoms with Gasteiger partial charge in [-0.25, -0.2) is 0 Å². The first-order valence-corrected chi connectivity index (χ1v) is 7.48. The molecule has 1 fully saturated rings. The van der Waals surface area contributed by atoms with Crippen molar-refractivity contribution in [3.8, 4) is 6.07 Å². The first-order valence-electron chi connectivity index (χ1n) is 7.48. The van der Waals surface area contributed by atoms with Crippen LogP contribution in [0.4, 0.5) is 0 Å². The van der Waals surface area contributed by atoms with Gasteiger partial charge >= 0.3 is 0 Å². The Bertz CT molecular complexity index is 477. The summed E-state index contributed by atoms with van der Waals surface area (Å²) in [5.41, 5.74) is 1.27. The van der Waals surface area contributed by atoms with Gasteiger partial charge in [-0.1, -0.05) is 31.9 Å². The molecule has 2 N–H and O–H groups in total. The third kappa shape index (κ3) is 3.82. The molecule has 1 aliphatic carbocycles. The summed E-state index contributed by atoms with van der Waals surface area (Å²) in [5.74, 6) is 0.612. The summed E-state index contributed by atoms with van der Waals surface area (Å²) in [4.78, 5) is 0. The Morgan fingerprint density at radius 1 is 1.45 bits per heavy atom. The number of hydrogen-bond acceptors (Lipinski definition) is 3. The van der Waals surface area contributed by atoms with Gasteiger partial charge < -0.3 is 10.4 Å². The van der Waals surface area contributed by atoms with E-state index in [9.17, 15) is 5.11 Å². The fraction of sp³-hybridized carbons (Fsp3) is 0.588. The first-order chi connectivity index (χ1) is 9.52. The molecule has 0 saturated heterocycles. The average molecular weight is 272 g/mol. The summed E-state index contributed by atoms with van der Waals surface area (Å²) in [6.07, 6.45) is 4.13. The van der Waals surface area contributed by atoms with Crippen molar-refractivity contribution in [2.24, 2.45) is 5.92 Å². The number of aliphatic hydroxyl groups is 1. The minimum Gasteiger partial charge on any atom is -0.389 e. The first kappa shape index (κ1) is 15.0. The monoisotopic (exact) mass is 272 g/mol. The van der Waals surface area contributed by atoms with Crippen molar-refractivity contribution in [2.45, 2.75) is 51.2 Å². The lowest BCUT2D eigenvalue weighted by atomic mass is 9.79. The predicted octanol–water partition coefficient (Wildman–Crippen LogP) is 3.15. The van der Waals surface area contributed by atoms with Crippen molar-refractivity contribution in [3.05, 3.63) is 35.4 Å². The van der Waals surface area contributed by atoms with Crippen molar-refractivity contribution in [1.82, 2.24) is 5.32 Å². The van der Waals surface area contributed by atoms with Crippen molar-refractivity contribution < 1.29 is 5.11 Å². The van der Waals surface area contributed by atoms with Crippen LogP contribution in [-0.4, -0.2) is 17.3 Å². The molecule has 0 heterocycles. The molecule has 0 spiro atoms. The standard InChI is InChI=1S/C17H24N2O/c1-13-4-3-9-17(20,10-13)12-19-14(2)16-7-5-15(11-18)6-8-16/h5-8,13-14,19-20H,3-4,9-10,12H2,1-2H3. The summed E-state index contributed by atoms with van der Waals surface area (Å²) < 4.78 is 0. The normalized spacial score (nSPS) is 27.8. The Labute approximate surface area is 121 Å². The molecule has 3 nitrogen and oxygen atoms in total. The Morgan fingerprint density at radius 2 is 2.15 bits per heavy atom. The number of nitriles is 1. The second-order valence-corrected chi connectivity index (χ2v) is 6.26. The van der Waals surface area contributed by atoms with Gasteiger partial charge in [-0.3, -0.25) is 0 Å². The van der Waals surface area contributed by atoms with Gasteiger partial charge in [0.1, 0.15) is 0 Å².